The Morgan fingerprint density at radius 3 is 2.04 bits per heavy atom. The van der Waals surface area contributed by atoms with Crippen molar-refractivity contribution in [2.75, 3.05) is 97.4 Å². The lowest BCUT2D eigenvalue weighted by atomic mass is 10.1. The van der Waals surface area contributed by atoms with E-state index in [2.05, 4.69) is 26.2 Å². The highest BCUT2D eigenvalue weighted by atomic mass is 16.6. The molecular weight excluding hydrogens is 634 g/mol. The molecule has 1 aromatic rings. The summed E-state index contributed by atoms with van der Waals surface area (Å²) in [5.74, 6) is -0.0911. The Hall–Kier alpha value is -2.40. The Balaban J connectivity index is 2.20. The summed E-state index contributed by atoms with van der Waals surface area (Å²) in [5.41, 5.74) is 1.92. The molecule has 1 aromatic carbocycles. The van der Waals surface area contributed by atoms with Crippen molar-refractivity contribution < 1.29 is 43.9 Å². The lowest BCUT2D eigenvalue weighted by Crippen LogP contribution is -2.36. The van der Waals surface area contributed by atoms with Gasteiger partial charge in [0.1, 0.15) is 0 Å². The summed E-state index contributed by atoms with van der Waals surface area (Å²) in [6.45, 7) is 12.5. The molecule has 0 aliphatic carbocycles. The van der Waals surface area contributed by atoms with E-state index in [4.69, 9.17) is 18.9 Å². The topological polar surface area (TPSA) is 183 Å². The van der Waals surface area contributed by atoms with Crippen LogP contribution in [-0.4, -0.2) is 132 Å². The molecule has 0 saturated carbocycles. The van der Waals surface area contributed by atoms with Gasteiger partial charge in [0, 0.05) is 51.8 Å². The van der Waals surface area contributed by atoms with Crippen molar-refractivity contribution in [2.45, 2.75) is 84.4 Å². The number of rotatable bonds is 31. The van der Waals surface area contributed by atoms with Crippen LogP contribution in [0.25, 0.3) is 0 Å². The van der Waals surface area contributed by atoms with E-state index in [9.17, 15) is 24.9 Å². The first-order valence-electron chi connectivity index (χ1n) is 17.6. The molecule has 1 atom stereocenters. The first kappa shape index (κ1) is 44.6. The Kier molecular flexibility index (Phi) is 25.8. The fraction of sp³-hybridized carbons (Fsp3) is 0.771. The van der Waals surface area contributed by atoms with E-state index in [1.54, 1.807) is 13.2 Å². The van der Waals surface area contributed by atoms with Gasteiger partial charge in [0.15, 0.2) is 6.29 Å². The molecule has 0 fully saturated rings. The van der Waals surface area contributed by atoms with Crippen molar-refractivity contribution in [1.29, 1.82) is 0 Å². The van der Waals surface area contributed by atoms with Gasteiger partial charge >= 0.3 is 0 Å². The van der Waals surface area contributed by atoms with Crippen LogP contribution in [0.5, 0.6) is 0 Å². The summed E-state index contributed by atoms with van der Waals surface area (Å²) in [5, 5.41) is 41.4. The van der Waals surface area contributed by atoms with Crippen molar-refractivity contribution in [2.24, 2.45) is 0 Å². The van der Waals surface area contributed by atoms with Gasteiger partial charge in [0.05, 0.1) is 58.4 Å². The number of hydrogen-bond donors (Lipinski definition) is 7. The van der Waals surface area contributed by atoms with Crippen LogP contribution in [0, 0.1) is 0 Å². The summed E-state index contributed by atoms with van der Waals surface area (Å²) >= 11 is 0. The average Bonchev–Trinajstić information content (AvgIpc) is 3.06. The molecule has 1 unspecified atom stereocenters. The number of methoxy groups -OCH3 is 1. The van der Waals surface area contributed by atoms with Crippen LogP contribution in [0.2, 0.25) is 0 Å². The normalized spacial score (nSPS) is 12.2. The number of nitrogens with zero attached hydrogens (tertiary/aromatic N) is 1. The van der Waals surface area contributed by atoms with E-state index < -0.39 is 6.29 Å². The summed E-state index contributed by atoms with van der Waals surface area (Å²) in [4.78, 5) is 26.6. The van der Waals surface area contributed by atoms with Crippen molar-refractivity contribution in [3.05, 3.63) is 29.3 Å². The minimum Gasteiger partial charge on any atom is -0.392 e. The molecule has 0 radical (unpaired) electrons. The number of carbonyl (C=O) groups is 2. The summed E-state index contributed by atoms with van der Waals surface area (Å²) in [7, 11) is 1.63. The molecule has 0 saturated heterocycles. The molecule has 14 heteroatoms. The molecule has 14 nitrogen and oxygen atoms in total. The van der Waals surface area contributed by atoms with Crippen LogP contribution in [0.1, 0.15) is 70.4 Å². The van der Waals surface area contributed by atoms with Gasteiger partial charge in [-0.15, -0.1) is 0 Å². The number of anilines is 1. The van der Waals surface area contributed by atoms with E-state index in [0.29, 0.717) is 109 Å². The molecule has 284 valence electrons. The smallest absolute Gasteiger partial charge is 0.233 e. The summed E-state index contributed by atoms with van der Waals surface area (Å²) < 4.78 is 21.6. The zero-order valence-electron chi connectivity index (χ0n) is 30.4. The highest BCUT2D eigenvalue weighted by molar-refractivity contribution is 5.78. The van der Waals surface area contributed by atoms with Gasteiger partial charge in [0.25, 0.3) is 0 Å². The quantitative estimate of drug-likeness (QED) is 0.0433. The minimum atomic E-state index is -0.775. The lowest BCUT2D eigenvalue weighted by Gasteiger charge is -2.26. The number of benzene rings is 1. The molecule has 0 heterocycles. The van der Waals surface area contributed by atoms with Gasteiger partial charge in [-0.05, 0) is 89.3 Å². The summed E-state index contributed by atoms with van der Waals surface area (Å²) in [6, 6.07) is 5.55. The highest BCUT2D eigenvalue weighted by Gasteiger charge is 2.16. The maximum absolute atomic E-state index is 12.5. The van der Waals surface area contributed by atoms with Gasteiger partial charge in [-0.25, -0.2) is 0 Å². The maximum atomic E-state index is 12.5. The van der Waals surface area contributed by atoms with Crippen LogP contribution < -0.4 is 26.2 Å². The molecule has 0 aliphatic heterocycles. The Labute approximate surface area is 293 Å². The fourth-order valence-electron chi connectivity index (χ4n) is 4.76. The first-order chi connectivity index (χ1) is 23.6. The zero-order valence-corrected chi connectivity index (χ0v) is 30.4. The highest BCUT2D eigenvalue weighted by Crippen LogP contribution is 2.20. The molecule has 1 rings (SSSR count). The number of ether oxygens (including phenoxy) is 4. The molecule has 0 aliphatic rings. The van der Waals surface area contributed by atoms with Crippen LogP contribution in [0.4, 0.5) is 5.69 Å². The number of carbonyl (C=O) groups excluding carboxylic acids is 2. The third-order valence-corrected chi connectivity index (χ3v) is 7.21. The van der Waals surface area contributed by atoms with Gasteiger partial charge < -0.3 is 60.4 Å². The van der Waals surface area contributed by atoms with Crippen molar-refractivity contribution in [3.63, 3.8) is 0 Å². The van der Waals surface area contributed by atoms with E-state index in [-0.39, 0.29) is 37.2 Å². The molecule has 7 N–H and O–H groups in total. The van der Waals surface area contributed by atoms with Crippen molar-refractivity contribution in [1.82, 2.24) is 21.3 Å². The predicted octanol–water partition coefficient (Wildman–Crippen LogP) is 1.04. The first-order valence-corrected chi connectivity index (χ1v) is 17.6. The summed E-state index contributed by atoms with van der Waals surface area (Å²) in [6.07, 6.45) is 3.22. The molecule has 49 heavy (non-hydrogen) atoms. The van der Waals surface area contributed by atoms with Crippen LogP contribution >= 0.6 is 0 Å². The second kappa shape index (κ2) is 28.3. The van der Waals surface area contributed by atoms with Gasteiger partial charge in [-0.2, -0.15) is 0 Å². The average molecular weight is 700 g/mol. The number of aliphatic hydroxyl groups excluding tert-OH is 3. The van der Waals surface area contributed by atoms with E-state index in [1.807, 2.05) is 32.9 Å². The standard InChI is InChI=1S/C35H65N5O9/c1-35(2,3)49-34(45)10-15-36-11-5-6-13-39-33(44)26-37-12-8-14-38-32(43)9-7-16-40(17-18-47-21-22-48-20-19-46-4)31-24-29(27-41)23-30(25-31)28-42/h23-25,34,36-37,41-42,45H,5-22,26-28H2,1-4H3,(H,38,43)(H,39,44). The van der Waals surface area contributed by atoms with Crippen LogP contribution in [0.15, 0.2) is 18.2 Å². The second-order valence-electron chi connectivity index (χ2n) is 12.8. The maximum Gasteiger partial charge on any atom is 0.233 e. The molecule has 0 spiro atoms. The molecule has 0 bridgehead atoms. The number of aliphatic hydroxyl groups is 3. The van der Waals surface area contributed by atoms with E-state index >= 15 is 0 Å². The monoisotopic (exact) mass is 699 g/mol. The van der Waals surface area contributed by atoms with Crippen LogP contribution in [0.3, 0.4) is 0 Å². The third-order valence-electron chi connectivity index (χ3n) is 7.21. The van der Waals surface area contributed by atoms with Gasteiger partial charge in [-0.1, -0.05) is 6.07 Å². The Morgan fingerprint density at radius 2 is 1.37 bits per heavy atom. The van der Waals surface area contributed by atoms with E-state index in [1.165, 1.54) is 0 Å². The molecular formula is C35H65N5O9. The number of amides is 2. The van der Waals surface area contributed by atoms with Crippen molar-refractivity contribution >= 4 is 17.5 Å². The molecule has 0 aromatic heterocycles. The predicted molar refractivity (Wildman–Crippen MR) is 190 cm³/mol. The SMILES string of the molecule is COCCOCCOCCN(CCCC(=O)NCCCNCC(=O)NCCCCNCCC(O)OC(C)(C)C)c1cc(CO)cc(CO)c1. The van der Waals surface area contributed by atoms with Gasteiger partial charge in [0.2, 0.25) is 11.8 Å². The largest absolute Gasteiger partial charge is 0.392 e. The second-order valence-corrected chi connectivity index (χ2v) is 12.8. The zero-order chi connectivity index (χ0) is 36.2. The van der Waals surface area contributed by atoms with Crippen molar-refractivity contribution in [3.8, 4) is 0 Å². The Morgan fingerprint density at radius 1 is 0.755 bits per heavy atom. The number of hydrogen-bond acceptors (Lipinski definition) is 12. The third kappa shape index (κ3) is 25.2. The minimum absolute atomic E-state index is 0.0359. The fourth-order valence-corrected chi connectivity index (χ4v) is 4.76. The van der Waals surface area contributed by atoms with E-state index in [0.717, 1.165) is 25.1 Å². The Bertz CT molecular complexity index is 974. The lowest BCUT2D eigenvalue weighted by molar-refractivity contribution is -0.167. The molecule has 2 amide bonds. The number of unbranched alkanes of at least 4 members (excludes halogenated alkanes) is 1. The van der Waals surface area contributed by atoms with Crippen LogP contribution in [-0.2, 0) is 41.8 Å². The number of nitrogens with one attached hydrogen (secondary N) is 4. The van der Waals surface area contributed by atoms with Gasteiger partial charge in [-0.3, -0.25) is 9.59 Å².